The van der Waals surface area contributed by atoms with Crippen molar-refractivity contribution in [3.05, 3.63) is 77.7 Å². The molecule has 26 heavy (non-hydrogen) atoms. The van der Waals surface area contributed by atoms with Gasteiger partial charge in [0.25, 0.3) is 0 Å². The van der Waals surface area contributed by atoms with Gasteiger partial charge in [0.2, 0.25) is 5.89 Å². The maximum absolute atomic E-state index is 13.6. The van der Waals surface area contributed by atoms with Crippen molar-refractivity contribution in [1.82, 2.24) is 15.6 Å². The smallest absolute Gasteiger partial charge is 0.226 e. The lowest BCUT2D eigenvalue weighted by Crippen LogP contribution is -2.36. The van der Waals surface area contributed by atoms with E-state index in [1.54, 1.807) is 13.3 Å². The van der Waals surface area contributed by atoms with Gasteiger partial charge in [0.1, 0.15) is 17.9 Å². The summed E-state index contributed by atoms with van der Waals surface area (Å²) in [6, 6.07) is 12.9. The van der Waals surface area contributed by atoms with Crippen LogP contribution in [-0.2, 0) is 13.1 Å². The van der Waals surface area contributed by atoms with Crippen LogP contribution in [0.1, 0.15) is 11.3 Å². The molecule has 2 N–H and O–H groups in total. The summed E-state index contributed by atoms with van der Waals surface area (Å²) in [6.45, 7) is 0.485. The lowest BCUT2D eigenvalue weighted by atomic mass is 10.2. The number of halogens is 2. The first kappa shape index (κ1) is 17.6. The molecular weight excluding hydrogens is 338 g/mol. The first-order chi connectivity index (χ1) is 12.7. The second-order valence-electron chi connectivity index (χ2n) is 5.53. The third kappa shape index (κ3) is 4.44. The van der Waals surface area contributed by atoms with Gasteiger partial charge < -0.3 is 15.1 Å². The molecule has 5 nitrogen and oxygen atoms in total. The second kappa shape index (κ2) is 8.24. The maximum Gasteiger partial charge on any atom is 0.226 e. The number of nitrogens with zero attached hydrogens (tertiary/aromatic N) is 2. The monoisotopic (exact) mass is 356 g/mol. The zero-order valence-corrected chi connectivity index (χ0v) is 14.2. The van der Waals surface area contributed by atoms with Gasteiger partial charge in [-0.05, 0) is 30.3 Å². The average molecular weight is 356 g/mol. The van der Waals surface area contributed by atoms with Gasteiger partial charge in [-0.2, -0.15) is 0 Å². The summed E-state index contributed by atoms with van der Waals surface area (Å²) in [7, 11) is 1.59. The minimum atomic E-state index is -0.484. The summed E-state index contributed by atoms with van der Waals surface area (Å²) >= 11 is 0. The predicted molar refractivity (Wildman–Crippen MR) is 95.3 cm³/mol. The number of rotatable bonds is 5. The summed E-state index contributed by atoms with van der Waals surface area (Å²) in [4.78, 5) is 8.46. The number of nitrogens with one attached hydrogen (secondary N) is 2. The summed E-state index contributed by atoms with van der Waals surface area (Å²) < 4.78 is 32.3. The summed E-state index contributed by atoms with van der Waals surface area (Å²) in [6.07, 6.45) is 1.56. The van der Waals surface area contributed by atoms with Crippen LogP contribution in [-0.4, -0.2) is 18.0 Å². The number of guanidine groups is 1. The molecule has 0 aliphatic carbocycles. The molecule has 3 rings (SSSR count). The number of oxazole rings is 1. The molecule has 0 saturated carbocycles. The predicted octanol–water partition coefficient (Wildman–Crippen LogP) is 3.49. The van der Waals surface area contributed by atoms with E-state index >= 15 is 0 Å². The van der Waals surface area contributed by atoms with E-state index in [1.165, 1.54) is 0 Å². The minimum Gasteiger partial charge on any atom is -0.444 e. The molecule has 0 fully saturated rings. The van der Waals surface area contributed by atoms with E-state index in [-0.39, 0.29) is 12.1 Å². The van der Waals surface area contributed by atoms with Gasteiger partial charge in [-0.15, -0.1) is 0 Å². The fraction of sp³-hybridized carbons (Fsp3) is 0.158. The first-order valence-electron chi connectivity index (χ1n) is 8.04. The Labute approximate surface area is 149 Å². The Morgan fingerprint density at radius 3 is 2.62 bits per heavy atom. The van der Waals surface area contributed by atoms with E-state index in [2.05, 4.69) is 20.6 Å². The van der Waals surface area contributed by atoms with Gasteiger partial charge in [-0.25, -0.2) is 13.8 Å². The van der Waals surface area contributed by atoms with Crippen LogP contribution in [0, 0.1) is 11.6 Å². The molecule has 0 spiro atoms. The number of hydrogen-bond acceptors (Lipinski definition) is 3. The molecule has 1 aromatic heterocycles. The van der Waals surface area contributed by atoms with Crippen molar-refractivity contribution in [2.24, 2.45) is 4.99 Å². The molecular formula is C19H18F2N4O. The van der Waals surface area contributed by atoms with Crippen LogP contribution in [0.15, 0.2) is 64.2 Å². The van der Waals surface area contributed by atoms with Gasteiger partial charge in [0, 0.05) is 24.7 Å². The molecule has 0 aliphatic rings. The van der Waals surface area contributed by atoms with Crippen LogP contribution in [0.25, 0.3) is 11.5 Å². The SMILES string of the molecule is CN=C(NCc1coc(-c2ccccc2)n1)NCc1cc(F)ccc1F. The summed E-state index contributed by atoms with van der Waals surface area (Å²) in [5.74, 6) is 0.0191. The Kier molecular flexibility index (Phi) is 5.58. The van der Waals surface area contributed by atoms with Crippen LogP contribution < -0.4 is 10.6 Å². The first-order valence-corrected chi connectivity index (χ1v) is 8.04. The Bertz CT molecular complexity index is 894. The summed E-state index contributed by atoms with van der Waals surface area (Å²) in [5, 5.41) is 5.99. The standard InChI is InChI=1S/C19H18F2N4O/c1-22-19(23-10-14-9-15(20)7-8-17(14)21)24-11-16-12-26-18(25-16)13-5-3-2-4-6-13/h2-9,12H,10-11H2,1H3,(H2,22,23,24). The van der Waals surface area contributed by atoms with Crippen LogP contribution in [0.2, 0.25) is 0 Å². The Hall–Kier alpha value is -3.22. The molecule has 3 aromatic rings. The molecule has 0 unspecified atom stereocenters. The molecule has 0 atom stereocenters. The molecule has 0 amide bonds. The number of benzene rings is 2. The normalized spacial score (nSPS) is 11.4. The molecule has 134 valence electrons. The number of aliphatic imine (C=N–C) groups is 1. The largest absolute Gasteiger partial charge is 0.444 e. The van der Waals surface area contributed by atoms with E-state index < -0.39 is 11.6 Å². The van der Waals surface area contributed by atoms with Crippen molar-refractivity contribution < 1.29 is 13.2 Å². The van der Waals surface area contributed by atoms with Crippen molar-refractivity contribution in [2.75, 3.05) is 7.05 Å². The fourth-order valence-electron chi connectivity index (χ4n) is 2.35. The quantitative estimate of drug-likeness (QED) is 0.543. The van der Waals surface area contributed by atoms with Crippen LogP contribution in [0.3, 0.4) is 0 Å². The van der Waals surface area contributed by atoms with Gasteiger partial charge in [-0.1, -0.05) is 18.2 Å². The molecule has 2 aromatic carbocycles. The van der Waals surface area contributed by atoms with E-state index in [9.17, 15) is 8.78 Å². The van der Waals surface area contributed by atoms with Gasteiger partial charge in [-0.3, -0.25) is 4.99 Å². The topological polar surface area (TPSA) is 62.5 Å². The molecule has 7 heteroatoms. The Morgan fingerprint density at radius 1 is 1.08 bits per heavy atom. The van der Waals surface area contributed by atoms with E-state index in [4.69, 9.17) is 4.42 Å². The molecule has 0 radical (unpaired) electrons. The highest BCUT2D eigenvalue weighted by Crippen LogP contribution is 2.17. The van der Waals surface area contributed by atoms with Crippen LogP contribution >= 0.6 is 0 Å². The highest BCUT2D eigenvalue weighted by Gasteiger charge is 2.08. The van der Waals surface area contributed by atoms with Gasteiger partial charge in [0.15, 0.2) is 5.96 Å². The zero-order chi connectivity index (χ0) is 18.4. The lowest BCUT2D eigenvalue weighted by molar-refractivity contribution is 0.572. The second-order valence-corrected chi connectivity index (χ2v) is 5.53. The molecule has 0 saturated heterocycles. The Morgan fingerprint density at radius 2 is 1.85 bits per heavy atom. The fourth-order valence-corrected chi connectivity index (χ4v) is 2.35. The molecule has 0 aliphatic heterocycles. The molecule has 1 heterocycles. The highest BCUT2D eigenvalue weighted by atomic mass is 19.1. The van der Waals surface area contributed by atoms with Crippen molar-refractivity contribution >= 4 is 5.96 Å². The van der Waals surface area contributed by atoms with Crippen molar-refractivity contribution in [3.63, 3.8) is 0 Å². The molecule has 0 bridgehead atoms. The van der Waals surface area contributed by atoms with Gasteiger partial charge in [0.05, 0.1) is 12.2 Å². The lowest BCUT2D eigenvalue weighted by Gasteiger charge is -2.11. The summed E-state index contributed by atoms with van der Waals surface area (Å²) in [5.41, 5.74) is 1.81. The Balaban J connectivity index is 1.56. The van der Waals surface area contributed by atoms with Crippen molar-refractivity contribution in [1.29, 1.82) is 0 Å². The minimum absolute atomic E-state index is 0.108. The van der Waals surface area contributed by atoms with Crippen molar-refractivity contribution in [2.45, 2.75) is 13.1 Å². The average Bonchev–Trinajstić information content (AvgIpc) is 3.14. The van der Waals surface area contributed by atoms with E-state index in [1.807, 2.05) is 30.3 Å². The van der Waals surface area contributed by atoms with Crippen molar-refractivity contribution in [3.8, 4) is 11.5 Å². The number of aromatic nitrogens is 1. The third-order valence-corrected chi connectivity index (χ3v) is 3.69. The third-order valence-electron chi connectivity index (χ3n) is 3.69. The van der Waals surface area contributed by atoms with Crippen LogP contribution in [0.4, 0.5) is 8.78 Å². The van der Waals surface area contributed by atoms with E-state index in [0.29, 0.717) is 24.1 Å². The maximum atomic E-state index is 13.6. The zero-order valence-electron chi connectivity index (χ0n) is 14.2. The highest BCUT2D eigenvalue weighted by molar-refractivity contribution is 5.79. The van der Waals surface area contributed by atoms with E-state index in [0.717, 1.165) is 23.8 Å². The van der Waals surface area contributed by atoms with Gasteiger partial charge >= 0.3 is 0 Å². The number of hydrogen-bond donors (Lipinski definition) is 2. The van der Waals surface area contributed by atoms with Crippen LogP contribution in [0.5, 0.6) is 0 Å².